The van der Waals surface area contributed by atoms with Crippen LogP contribution in [0.1, 0.15) is 35.2 Å². The van der Waals surface area contributed by atoms with Crippen LogP contribution >= 0.6 is 11.6 Å². The Bertz CT molecular complexity index is 1370. The van der Waals surface area contributed by atoms with E-state index in [2.05, 4.69) is 25.9 Å². The second-order valence-electron chi connectivity index (χ2n) is 8.34. The lowest BCUT2D eigenvalue weighted by atomic mass is 10.1. The lowest BCUT2D eigenvalue weighted by Crippen LogP contribution is -2.25. The van der Waals surface area contributed by atoms with Crippen LogP contribution in [0.2, 0.25) is 5.02 Å². The maximum Gasteiger partial charge on any atom is 0.253 e. The SMILES string of the molecule is COc1cccc(C(=O)NCCC#N)c1Nc1nc(Nc2ccc3c(c2)CCCC(=O)N3C)ncc1Cl. The predicted octanol–water partition coefficient (Wildman–Crippen LogP) is 4.57. The molecule has 0 atom stereocenters. The Kier molecular flexibility index (Phi) is 8.05. The van der Waals surface area contributed by atoms with Gasteiger partial charge in [0.05, 0.1) is 37.0 Å². The number of benzene rings is 2. The third-order valence-electron chi connectivity index (χ3n) is 5.91. The van der Waals surface area contributed by atoms with Gasteiger partial charge in [-0.15, -0.1) is 0 Å². The van der Waals surface area contributed by atoms with Crippen molar-refractivity contribution in [2.24, 2.45) is 0 Å². The second kappa shape index (κ2) is 11.6. The number of ether oxygens (including phenoxy) is 1. The molecule has 3 aromatic rings. The van der Waals surface area contributed by atoms with Crippen LogP contribution in [0.25, 0.3) is 0 Å². The van der Waals surface area contributed by atoms with Crippen LogP contribution in [0, 0.1) is 11.3 Å². The fourth-order valence-electron chi connectivity index (χ4n) is 4.03. The Hall–Kier alpha value is -4.36. The van der Waals surface area contributed by atoms with E-state index in [1.807, 2.05) is 24.3 Å². The van der Waals surface area contributed by atoms with Crippen LogP contribution < -0.4 is 25.6 Å². The van der Waals surface area contributed by atoms with Crippen LogP contribution in [-0.4, -0.2) is 42.5 Å². The van der Waals surface area contributed by atoms with Gasteiger partial charge in [-0.3, -0.25) is 9.59 Å². The monoisotopic (exact) mass is 519 g/mol. The number of nitrogens with one attached hydrogen (secondary N) is 3. The molecule has 2 aromatic carbocycles. The van der Waals surface area contributed by atoms with Crippen molar-refractivity contribution >= 4 is 52.2 Å². The number of hydrogen-bond donors (Lipinski definition) is 3. The zero-order valence-electron chi connectivity index (χ0n) is 20.5. The molecule has 0 bridgehead atoms. The highest BCUT2D eigenvalue weighted by Crippen LogP contribution is 2.34. The number of aromatic nitrogens is 2. The fourth-order valence-corrected chi connectivity index (χ4v) is 4.17. The minimum Gasteiger partial charge on any atom is -0.495 e. The van der Waals surface area contributed by atoms with E-state index in [0.717, 1.165) is 29.8 Å². The summed E-state index contributed by atoms with van der Waals surface area (Å²) in [5.41, 5.74) is 3.41. The molecule has 4 rings (SSSR count). The van der Waals surface area contributed by atoms with Gasteiger partial charge in [0.2, 0.25) is 11.9 Å². The Morgan fingerprint density at radius 3 is 2.86 bits per heavy atom. The molecule has 0 radical (unpaired) electrons. The number of hydrogen-bond acceptors (Lipinski definition) is 8. The predicted molar refractivity (Wildman–Crippen MR) is 142 cm³/mol. The van der Waals surface area contributed by atoms with Gasteiger partial charge in [-0.05, 0) is 48.7 Å². The number of carbonyl (C=O) groups is 2. The van der Waals surface area contributed by atoms with E-state index < -0.39 is 0 Å². The molecular weight excluding hydrogens is 494 g/mol. The molecule has 37 heavy (non-hydrogen) atoms. The Morgan fingerprint density at radius 1 is 1.24 bits per heavy atom. The first-order valence-electron chi connectivity index (χ1n) is 11.7. The highest BCUT2D eigenvalue weighted by Gasteiger charge is 2.20. The number of carbonyl (C=O) groups excluding carboxylic acids is 2. The highest BCUT2D eigenvalue weighted by atomic mass is 35.5. The molecule has 2 heterocycles. The number of anilines is 5. The van der Waals surface area contributed by atoms with Gasteiger partial charge < -0.3 is 25.6 Å². The minimum atomic E-state index is -0.367. The summed E-state index contributed by atoms with van der Waals surface area (Å²) in [6.07, 6.45) is 3.75. The third kappa shape index (κ3) is 5.90. The lowest BCUT2D eigenvalue weighted by molar-refractivity contribution is -0.118. The van der Waals surface area contributed by atoms with Gasteiger partial charge in [0.1, 0.15) is 10.8 Å². The van der Waals surface area contributed by atoms with E-state index in [1.165, 1.54) is 13.3 Å². The Balaban J connectivity index is 1.60. The van der Waals surface area contributed by atoms with Crippen molar-refractivity contribution in [3.8, 4) is 11.8 Å². The van der Waals surface area contributed by atoms with Crippen molar-refractivity contribution in [1.29, 1.82) is 5.26 Å². The van der Waals surface area contributed by atoms with E-state index in [-0.39, 0.29) is 35.6 Å². The normalized spacial score (nSPS) is 12.7. The Labute approximate surface area is 219 Å². The molecule has 0 aliphatic carbocycles. The minimum absolute atomic E-state index is 0.102. The summed E-state index contributed by atoms with van der Waals surface area (Å²) >= 11 is 6.39. The van der Waals surface area contributed by atoms with Crippen LogP contribution in [0.3, 0.4) is 0 Å². The van der Waals surface area contributed by atoms with E-state index in [4.69, 9.17) is 21.6 Å². The van der Waals surface area contributed by atoms with Crippen LogP contribution in [0.4, 0.5) is 28.8 Å². The van der Waals surface area contributed by atoms with Crippen LogP contribution in [-0.2, 0) is 11.2 Å². The first-order valence-corrected chi connectivity index (χ1v) is 12.1. The molecule has 2 amide bonds. The summed E-state index contributed by atoms with van der Waals surface area (Å²) < 4.78 is 5.45. The quantitative estimate of drug-likeness (QED) is 0.369. The summed E-state index contributed by atoms with van der Waals surface area (Å²) in [6, 6.07) is 12.8. The molecule has 1 aliphatic heterocycles. The fraction of sp³-hybridized carbons (Fsp3) is 0.269. The third-order valence-corrected chi connectivity index (χ3v) is 6.19. The van der Waals surface area contributed by atoms with Gasteiger partial charge >= 0.3 is 0 Å². The largest absolute Gasteiger partial charge is 0.495 e. The highest BCUT2D eigenvalue weighted by molar-refractivity contribution is 6.33. The molecule has 11 heteroatoms. The molecule has 1 aromatic heterocycles. The molecule has 3 N–H and O–H groups in total. The average molecular weight is 520 g/mol. The number of nitrogens with zero attached hydrogens (tertiary/aromatic N) is 4. The molecule has 10 nitrogen and oxygen atoms in total. The van der Waals surface area contributed by atoms with Crippen molar-refractivity contribution in [3.63, 3.8) is 0 Å². The molecule has 1 aliphatic rings. The average Bonchev–Trinajstić information content (AvgIpc) is 3.03. The van der Waals surface area contributed by atoms with E-state index in [1.54, 1.807) is 30.1 Å². The van der Waals surface area contributed by atoms with E-state index >= 15 is 0 Å². The maximum absolute atomic E-state index is 12.8. The standard InChI is InChI=1S/C26H26ClN7O3/c1-34-20-11-10-17(14-16(20)6-3-9-22(34)35)31-26-30-15-19(27)24(33-26)32-23-18(7-4-8-21(23)37-2)25(36)29-13-5-12-28/h4,7-8,10-11,14-15H,3,5-6,9,13H2,1-2H3,(H,29,36)(H2,30,31,32,33). The topological polar surface area (TPSA) is 132 Å². The van der Waals surface area contributed by atoms with Crippen molar-refractivity contribution in [1.82, 2.24) is 15.3 Å². The lowest BCUT2D eigenvalue weighted by Gasteiger charge is -2.18. The zero-order chi connectivity index (χ0) is 26.4. The number of rotatable bonds is 8. The smallest absolute Gasteiger partial charge is 0.253 e. The van der Waals surface area contributed by atoms with Gasteiger partial charge in [0, 0.05) is 31.4 Å². The summed E-state index contributed by atoms with van der Waals surface area (Å²) in [4.78, 5) is 35.4. The van der Waals surface area contributed by atoms with Gasteiger partial charge in [0.25, 0.3) is 5.91 Å². The summed E-state index contributed by atoms with van der Waals surface area (Å²) in [5, 5.41) is 18.0. The van der Waals surface area contributed by atoms with Gasteiger partial charge in [0.15, 0.2) is 5.82 Å². The Morgan fingerprint density at radius 2 is 2.08 bits per heavy atom. The molecule has 0 fully saturated rings. The van der Waals surface area contributed by atoms with Crippen molar-refractivity contribution in [3.05, 3.63) is 58.7 Å². The summed E-state index contributed by atoms with van der Waals surface area (Å²) in [7, 11) is 3.28. The first-order chi connectivity index (χ1) is 17.9. The van der Waals surface area contributed by atoms with E-state index in [0.29, 0.717) is 29.4 Å². The van der Waals surface area contributed by atoms with Gasteiger partial charge in [-0.2, -0.15) is 10.2 Å². The summed E-state index contributed by atoms with van der Waals surface area (Å²) in [6.45, 7) is 0.221. The summed E-state index contributed by atoms with van der Waals surface area (Å²) in [5.74, 6) is 0.718. The molecule has 0 saturated heterocycles. The number of nitriles is 1. The van der Waals surface area contributed by atoms with Gasteiger partial charge in [-0.25, -0.2) is 4.98 Å². The molecule has 0 spiro atoms. The number of amides is 2. The molecule has 0 unspecified atom stereocenters. The number of halogens is 1. The van der Waals surface area contributed by atoms with Crippen molar-refractivity contribution in [2.75, 3.05) is 36.2 Å². The molecule has 190 valence electrons. The molecule has 0 saturated carbocycles. The first kappa shape index (κ1) is 25.7. The van der Waals surface area contributed by atoms with Gasteiger partial charge in [-0.1, -0.05) is 17.7 Å². The van der Waals surface area contributed by atoms with Crippen molar-refractivity contribution in [2.45, 2.75) is 25.7 Å². The van der Waals surface area contributed by atoms with Crippen LogP contribution in [0.5, 0.6) is 5.75 Å². The number of aryl methyl sites for hydroxylation is 1. The van der Waals surface area contributed by atoms with Crippen LogP contribution in [0.15, 0.2) is 42.6 Å². The molecular formula is C26H26ClN7O3. The van der Waals surface area contributed by atoms with Crippen molar-refractivity contribution < 1.29 is 14.3 Å². The zero-order valence-corrected chi connectivity index (χ0v) is 21.2. The van der Waals surface area contributed by atoms with E-state index in [9.17, 15) is 9.59 Å². The number of fused-ring (bicyclic) bond motifs is 1. The maximum atomic E-state index is 12.8. The number of para-hydroxylation sites is 1. The number of methoxy groups -OCH3 is 1. The second-order valence-corrected chi connectivity index (χ2v) is 8.74.